The second-order valence-corrected chi connectivity index (χ2v) is 10.7. The molecule has 0 aliphatic carbocycles. The first kappa shape index (κ1) is 36.2. The molecule has 24 heteroatoms. The fourth-order valence-electron chi connectivity index (χ4n) is 2.71. The van der Waals surface area contributed by atoms with Crippen LogP contribution in [0, 0.1) is 0 Å². The number of aromatic amines is 1. The van der Waals surface area contributed by atoms with Crippen LogP contribution in [-0.2, 0) is 27.1 Å². The van der Waals surface area contributed by atoms with Gasteiger partial charge >= 0.3 is 96.3 Å². The molecule has 0 amide bonds. The average Bonchev–Trinajstić information content (AvgIpc) is 3.12. The molecule has 1 aliphatic rings. The second kappa shape index (κ2) is 13.5. The van der Waals surface area contributed by atoms with E-state index < -0.39 is 53.3 Å². The fraction of sp³-hybridized carbons (Fsp3) is 0.364. The zero-order valence-corrected chi connectivity index (χ0v) is 26.9. The molecule has 0 bridgehead atoms. The van der Waals surface area contributed by atoms with Gasteiger partial charge in [-0.2, -0.15) is 4.98 Å². The van der Waals surface area contributed by atoms with Crippen molar-refractivity contribution in [2.45, 2.75) is 24.5 Å². The number of nitrogens with two attached hydrogens (primary N) is 1. The third kappa shape index (κ3) is 9.42. The molecule has 6 N–H and O–H groups in total. The zero-order valence-electron chi connectivity index (χ0n) is 18.2. The van der Waals surface area contributed by atoms with Gasteiger partial charge in [0.1, 0.15) is 18.3 Å². The quantitative estimate of drug-likeness (QED) is 0.149. The van der Waals surface area contributed by atoms with E-state index in [1.807, 2.05) is 0 Å². The molecule has 18 nitrogen and oxygen atoms in total. The van der Waals surface area contributed by atoms with E-state index >= 15 is 0 Å². The van der Waals surface area contributed by atoms with Gasteiger partial charge in [-0.05, 0) is 6.08 Å². The standard InChI is InChI=1S/C11H16N5O13P3.3Na/c12-11-14-8-5(9(19)15-11)13-3-16(8)10-7(18)6(17)4(27-10)1-2-30(20,21)28-32(25,26)29-31(22,23)24;;;/h1-4,6-7,10,17-18H,(H,20,21)(H,25,26)(H2,22,23,24)(H3,12,14,15,19);;;/q;3*+1/p-3/b2-1+;;;/t4-,6-,7-,10-;;;/m1.../s1. The number of nitrogen functional groups attached to an aromatic ring is 1. The molecule has 35 heavy (non-hydrogen) atoms. The van der Waals surface area contributed by atoms with Crippen LogP contribution in [-0.4, -0.2) is 52.9 Å². The van der Waals surface area contributed by atoms with Gasteiger partial charge in [0.2, 0.25) is 5.95 Å². The molecule has 0 saturated carbocycles. The van der Waals surface area contributed by atoms with Crippen molar-refractivity contribution < 1.29 is 146 Å². The van der Waals surface area contributed by atoms with Gasteiger partial charge in [-0.3, -0.25) is 27.8 Å². The van der Waals surface area contributed by atoms with Gasteiger partial charge < -0.3 is 44.8 Å². The Morgan fingerprint density at radius 1 is 1.14 bits per heavy atom. The Balaban J connectivity index is 0.00000385. The third-order valence-electron chi connectivity index (χ3n) is 3.88. The van der Waals surface area contributed by atoms with Crippen LogP contribution in [0.5, 0.6) is 0 Å². The van der Waals surface area contributed by atoms with E-state index in [4.69, 9.17) is 10.5 Å². The van der Waals surface area contributed by atoms with Crippen LogP contribution in [0.2, 0.25) is 0 Å². The van der Waals surface area contributed by atoms with Gasteiger partial charge in [0, 0.05) is 5.82 Å². The molecule has 2 unspecified atom stereocenters. The molecule has 3 heterocycles. The molecule has 2 aromatic rings. The Labute approximate surface area is 261 Å². The van der Waals surface area contributed by atoms with Gasteiger partial charge in [-0.25, -0.2) is 9.29 Å². The first-order valence-electron chi connectivity index (χ1n) is 8.10. The first-order valence-corrected chi connectivity index (χ1v) is 12.7. The average molecular weight is 585 g/mol. The number of aliphatic hydroxyl groups is 2. The maximum atomic E-state index is 11.8. The minimum atomic E-state index is -6.10. The number of rotatable bonds is 7. The summed E-state index contributed by atoms with van der Waals surface area (Å²) >= 11 is 0. The topological polar surface area (TPSA) is 298 Å². The number of aromatic nitrogens is 4. The van der Waals surface area contributed by atoms with Crippen LogP contribution < -0.4 is 115 Å². The number of aliphatic hydroxyl groups excluding tert-OH is 2. The monoisotopic (exact) mass is 585 g/mol. The molecular formula is C11H13N5Na3O13P3. The number of hydrogen-bond donors (Lipinski definition) is 5. The van der Waals surface area contributed by atoms with Gasteiger partial charge in [-0.1, -0.05) is 0 Å². The number of fused-ring (bicyclic) bond motifs is 1. The van der Waals surface area contributed by atoms with Crippen molar-refractivity contribution in [1.82, 2.24) is 19.5 Å². The van der Waals surface area contributed by atoms with Crippen molar-refractivity contribution in [3.05, 3.63) is 28.6 Å². The summed E-state index contributed by atoms with van der Waals surface area (Å²) in [5.74, 6) is -0.0886. The van der Waals surface area contributed by atoms with Crippen LogP contribution in [0.3, 0.4) is 0 Å². The maximum Gasteiger partial charge on any atom is 1.00 e. The second-order valence-electron chi connectivity index (χ2n) is 6.21. The molecule has 3 rings (SSSR count). The van der Waals surface area contributed by atoms with Crippen molar-refractivity contribution in [1.29, 1.82) is 0 Å². The molecule has 1 aliphatic heterocycles. The van der Waals surface area contributed by atoms with E-state index in [2.05, 4.69) is 23.6 Å². The van der Waals surface area contributed by atoms with Crippen molar-refractivity contribution in [3.63, 3.8) is 0 Å². The predicted molar refractivity (Wildman–Crippen MR) is 94.8 cm³/mol. The number of ether oxygens (including phenoxy) is 1. The van der Waals surface area contributed by atoms with Crippen LogP contribution in [0.25, 0.3) is 11.2 Å². The number of nitrogens with zero attached hydrogens (tertiary/aromatic N) is 3. The van der Waals surface area contributed by atoms with Gasteiger partial charge in [0.05, 0.1) is 14.2 Å². The number of H-pyrrole nitrogens is 1. The fourth-order valence-corrected chi connectivity index (χ4v) is 5.82. The smallest absolute Gasteiger partial charge is 0.790 e. The van der Waals surface area contributed by atoms with E-state index in [0.717, 1.165) is 10.9 Å². The molecule has 0 radical (unpaired) electrons. The minimum absolute atomic E-state index is 0. The van der Waals surface area contributed by atoms with Crippen molar-refractivity contribution in [2.75, 3.05) is 5.73 Å². The summed E-state index contributed by atoms with van der Waals surface area (Å²) in [5.41, 5.74) is 4.48. The Hall–Kier alpha value is 1.22. The van der Waals surface area contributed by atoms with Crippen molar-refractivity contribution in [2.24, 2.45) is 0 Å². The van der Waals surface area contributed by atoms with Crippen LogP contribution >= 0.6 is 23.2 Å². The Bertz CT molecular complexity index is 1270. The van der Waals surface area contributed by atoms with E-state index in [1.165, 1.54) is 0 Å². The summed E-state index contributed by atoms with van der Waals surface area (Å²) < 4.78 is 46.6. The van der Waals surface area contributed by atoms with Crippen molar-refractivity contribution >= 4 is 40.4 Å². The van der Waals surface area contributed by atoms with E-state index in [1.54, 1.807) is 0 Å². The first-order chi connectivity index (χ1) is 14.6. The number of phosphoric acid groups is 2. The van der Waals surface area contributed by atoms with Crippen LogP contribution in [0.4, 0.5) is 5.95 Å². The third-order valence-corrected chi connectivity index (χ3v) is 7.77. The number of anilines is 1. The molecule has 178 valence electrons. The van der Waals surface area contributed by atoms with Crippen LogP contribution in [0.1, 0.15) is 6.23 Å². The molecular weight excluding hydrogens is 572 g/mol. The summed E-state index contributed by atoms with van der Waals surface area (Å²) in [4.78, 5) is 63.2. The number of hydrogen-bond acceptors (Lipinski definition) is 15. The SMILES string of the molecule is Nc1nc2c(ncn2[C@@H]2O[C@H](/C=C/P(=O)(O)OP(=O)([O-])OP(=O)([O-])[O-])[C@@H](O)[C@H]2O)c(=O)[nH]1.[Na+].[Na+].[Na+]. The largest absolute Gasteiger partial charge is 1.00 e. The van der Waals surface area contributed by atoms with Crippen molar-refractivity contribution in [3.8, 4) is 0 Å². The van der Waals surface area contributed by atoms with E-state index in [0.29, 0.717) is 6.08 Å². The zero-order chi connectivity index (χ0) is 24.1. The summed E-state index contributed by atoms with van der Waals surface area (Å²) in [6.45, 7) is 0. The molecule has 0 spiro atoms. The predicted octanol–water partition coefficient (Wildman–Crippen LogP) is -12.6. The maximum absolute atomic E-state index is 11.8. The minimum Gasteiger partial charge on any atom is -0.790 e. The number of imidazole rings is 1. The molecule has 0 aromatic carbocycles. The Kier molecular flexibility index (Phi) is 14.0. The van der Waals surface area contributed by atoms with Gasteiger partial charge in [0.15, 0.2) is 17.4 Å². The number of nitrogens with one attached hydrogen (secondary N) is 1. The van der Waals surface area contributed by atoms with Gasteiger partial charge in [-0.15, -0.1) is 0 Å². The summed E-state index contributed by atoms with van der Waals surface area (Å²) in [6.07, 6.45) is -4.70. The summed E-state index contributed by atoms with van der Waals surface area (Å²) in [6, 6.07) is 0. The molecule has 1 fully saturated rings. The summed E-state index contributed by atoms with van der Waals surface area (Å²) in [7, 11) is -17.4. The Morgan fingerprint density at radius 2 is 1.74 bits per heavy atom. The molecule has 6 atom stereocenters. The Morgan fingerprint density at radius 3 is 2.31 bits per heavy atom. The van der Waals surface area contributed by atoms with E-state index in [-0.39, 0.29) is 112 Å². The normalized spacial score (nSPS) is 25.8. The molecule has 2 aromatic heterocycles. The van der Waals surface area contributed by atoms with Crippen LogP contribution in [0.15, 0.2) is 23.0 Å². The van der Waals surface area contributed by atoms with Gasteiger partial charge in [0.25, 0.3) is 13.4 Å². The van der Waals surface area contributed by atoms with E-state index in [9.17, 15) is 48.3 Å². The molecule has 1 saturated heterocycles. The summed E-state index contributed by atoms with van der Waals surface area (Å²) in [5, 5.41) is 20.4.